The van der Waals surface area contributed by atoms with Crippen molar-refractivity contribution in [3.8, 4) is 11.3 Å². The summed E-state index contributed by atoms with van der Waals surface area (Å²) in [5.74, 6) is 0.881. The minimum absolute atomic E-state index is 0.130. The number of nitrogens with zero attached hydrogens (tertiary/aromatic N) is 1. The second kappa shape index (κ2) is 9.58. The Balaban J connectivity index is 1.30. The molecule has 5 nitrogen and oxygen atoms in total. The lowest BCUT2D eigenvalue weighted by atomic mass is 10.1. The first kappa shape index (κ1) is 22.6. The van der Waals surface area contributed by atoms with Crippen LogP contribution in [0.5, 0.6) is 0 Å². The lowest BCUT2D eigenvalue weighted by Crippen LogP contribution is -2.35. The fourth-order valence-electron chi connectivity index (χ4n) is 4.27. The van der Waals surface area contributed by atoms with Crippen molar-refractivity contribution in [2.75, 3.05) is 11.9 Å². The van der Waals surface area contributed by atoms with E-state index >= 15 is 0 Å². The van der Waals surface area contributed by atoms with Crippen LogP contribution in [0.15, 0.2) is 83.3 Å². The normalized spacial score (nSPS) is 12.8. The van der Waals surface area contributed by atoms with E-state index in [1.807, 2.05) is 54.6 Å². The summed E-state index contributed by atoms with van der Waals surface area (Å²) in [6, 6.07) is 22.7. The highest BCUT2D eigenvalue weighted by Crippen LogP contribution is 2.31. The van der Waals surface area contributed by atoms with E-state index in [0.29, 0.717) is 42.1 Å². The van der Waals surface area contributed by atoms with Gasteiger partial charge in [-0.2, -0.15) is 0 Å². The van der Waals surface area contributed by atoms with Crippen LogP contribution < -0.4 is 5.32 Å². The van der Waals surface area contributed by atoms with E-state index in [-0.39, 0.29) is 17.6 Å². The number of nitrogens with one attached hydrogen (secondary N) is 1. The Morgan fingerprint density at radius 3 is 2.46 bits per heavy atom. The van der Waals surface area contributed by atoms with Gasteiger partial charge in [-0.1, -0.05) is 31.2 Å². The van der Waals surface area contributed by atoms with Gasteiger partial charge in [0, 0.05) is 47.5 Å². The van der Waals surface area contributed by atoms with Gasteiger partial charge in [0.1, 0.15) is 17.3 Å². The van der Waals surface area contributed by atoms with Gasteiger partial charge >= 0.3 is 0 Å². The first-order chi connectivity index (χ1) is 17.0. The molecule has 0 atom stereocenters. The molecule has 0 spiro atoms. The Hall–Kier alpha value is -4.19. The van der Waals surface area contributed by atoms with Crippen molar-refractivity contribution < 1.29 is 18.4 Å². The molecular formula is C29H25FN2O3. The van der Waals surface area contributed by atoms with Gasteiger partial charge in [-0.05, 0) is 66.6 Å². The summed E-state index contributed by atoms with van der Waals surface area (Å²) in [5.41, 5.74) is 4.72. The highest BCUT2D eigenvalue weighted by Gasteiger charge is 2.25. The summed E-state index contributed by atoms with van der Waals surface area (Å²) in [6.45, 7) is 3.04. The maximum absolute atomic E-state index is 13.2. The lowest BCUT2D eigenvalue weighted by Gasteiger charge is -2.26. The topological polar surface area (TPSA) is 62.6 Å². The van der Waals surface area contributed by atoms with Crippen LogP contribution in [0.1, 0.15) is 44.5 Å². The van der Waals surface area contributed by atoms with Crippen molar-refractivity contribution >= 4 is 17.5 Å². The van der Waals surface area contributed by atoms with Crippen LogP contribution in [-0.2, 0) is 19.4 Å². The van der Waals surface area contributed by atoms with Crippen LogP contribution in [-0.4, -0.2) is 23.3 Å². The zero-order valence-corrected chi connectivity index (χ0v) is 19.4. The molecule has 0 fully saturated rings. The molecule has 5 rings (SSSR count). The third-order valence-electron chi connectivity index (χ3n) is 6.27. The number of benzene rings is 3. The summed E-state index contributed by atoms with van der Waals surface area (Å²) in [7, 11) is 0. The zero-order chi connectivity index (χ0) is 24.4. The highest BCUT2D eigenvalue weighted by molar-refractivity contribution is 6.04. The predicted molar refractivity (Wildman–Crippen MR) is 133 cm³/mol. The third kappa shape index (κ3) is 4.87. The van der Waals surface area contributed by atoms with Crippen LogP contribution in [0.4, 0.5) is 10.1 Å². The Morgan fingerprint density at radius 2 is 1.71 bits per heavy atom. The number of anilines is 1. The predicted octanol–water partition coefficient (Wildman–Crippen LogP) is 6.10. The fourth-order valence-corrected chi connectivity index (χ4v) is 4.27. The maximum Gasteiger partial charge on any atom is 0.255 e. The van der Waals surface area contributed by atoms with Crippen molar-refractivity contribution in [3.05, 3.63) is 113 Å². The number of hydrogen-bond donors (Lipinski definition) is 1. The van der Waals surface area contributed by atoms with Crippen LogP contribution in [0, 0.1) is 5.82 Å². The van der Waals surface area contributed by atoms with Crippen molar-refractivity contribution in [3.63, 3.8) is 0 Å². The Morgan fingerprint density at radius 1 is 0.971 bits per heavy atom. The molecule has 0 saturated carbocycles. The van der Waals surface area contributed by atoms with E-state index in [4.69, 9.17) is 4.42 Å². The standard InChI is InChI=1S/C29H25FN2O3/c1-2-19-6-8-20(9-7-19)28(33)31-25-5-3-4-22(16-25)27-17-23-18-32(15-14-26(23)35-27)29(34)21-10-12-24(30)13-11-21/h3-13,16-17H,2,14-15,18H2,1H3,(H,31,33). The number of rotatable bonds is 5. The van der Waals surface area contributed by atoms with Gasteiger partial charge in [0.25, 0.3) is 11.8 Å². The molecule has 1 N–H and O–H groups in total. The van der Waals surface area contributed by atoms with Gasteiger partial charge in [0.05, 0.1) is 0 Å². The highest BCUT2D eigenvalue weighted by atomic mass is 19.1. The third-order valence-corrected chi connectivity index (χ3v) is 6.27. The second-order valence-electron chi connectivity index (χ2n) is 8.63. The molecule has 0 aliphatic carbocycles. The Labute approximate surface area is 203 Å². The van der Waals surface area contributed by atoms with Gasteiger partial charge < -0.3 is 14.6 Å². The average Bonchev–Trinajstić information content (AvgIpc) is 3.32. The molecule has 1 aliphatic heterocycles. The average molecular weight is 469 g/mol. The number of carbonyl (C=O) groups is 2. The van der Waals surface area contributed by atoms with Gasteiger partial charge in [-0.3, -0.25) is 9.59 Å². The first-order valence-electron chi connectivity index (χ1n) is 11.7. The van der Waals surface area contributed by atoms with Gasteiger partial charge in [0.2, 0.25) is 0 Å². The number of hydrogen-bond acceptors (Lipinski definition) is 3. The molecule has 0 radical (unpaired) electrons. The molecule has 4 aromatic rings. The Bertz CT molecular complexity index is 1370. The van der Waals surface area contributed by atoms with Crippen molar-refractivity contribution in [1.82, 2.24) is 4.90 Å². The molecule has 35 heavy (non-hydrogen) atoms. The number of amides is 2. The second-order valence-corrected chi connectivity index (χ2v) is 8.63. The van der Waals surface area contributed by atoms with Crippen molar-refractivity contribution in [1.29, 1.82) is 0 Å². The summed E-state index contributed by atoms with van der Waals surface area (Å²) in [5, 5.41) is 2.95. The molecule has 2 amide bonds. The van der Waals surface area contributed by atoms with Crippen LogP contribution in [0.3, 0.4) is 0 Å². The summed E-state index contributed by atoms with van der Waals surface area (Å²) >= 11 is 0. The van der Waals surface area contributed by atoms with Crippen molar-refractivity contribution in [2.24, 2.45) is 0 Å². The Kier molecular flexibility index (Phi) is 6.19. The lowest BCUT2D eigenvalue weighted by molar-refractivity contribution is 0.0729. The van der Waals surface area contributed by atoms with Crippen LogP contribution in [0.25, 0.3) is 11.3 Å². The van der Waals surface area contributed by atoms with E-state index in [9.17, 15) is 14.0 Å². The van der Waals surface area contributed by atoms with E-state index < -0.39 is 0 Å². The van der Waals surface area contributed by atoms with Crippen LogP contribution >= 0.6 is 0 Å². The molecule has 2 heterocycles. The quantitative estimate of drug-likeness (QED) is 0.385. The maximum atomic E-state index is 13.2. The molecule has 0 bridgehead atoms. The van der Waals surface area contributed by atoms with E-state index in [0.717, 1.165) is 23.3 Å². The van der Waals surface area contributed by atoms with Crippen LogP contribution in [0.2, 0.25) is 0 Å². The van der Waals surface area contributed by atoms with E-state index in [2.05, 4.69) is 12.2 Å². The summed E-state index contributed by atoms with van der Waals surface area (Å²) < 4.78 is 19.3. The monoisotopic (exact) mass is 468 g/mol. The summed E-state index contributed by atoms with van der Waals surface area (Å²) in [6.07, 6.45) is 1.53. The molecular weight excluding hydrogens is 443 g/mol. The number of halogens is 1. The van der Waals surface area contributed by atoms with E-state index in [1.54, 1.807) is 4.90 Å². The molecule has 1 aromatic heterocycles. The fraction of sp³-hybridized carbons (Fsp3) is 0.172. The minimum Gasteiger partial charge on any atom is -0.461 e. The smallest absolute Gasteiger partial charge is 0.255 e. The van der Waals surface area contributed by atoms with Gasteiger partial charge in [0.15, 0.2) is 0 Å². The van der Waals surface area contributed by atoms with Crippen molar-refractivity contribution in [2.45, 2.75) is 26.3 Å². The molecule has 0 saturated heterocycles. The summed E-state index contributed by atoms with van der Waals surface area (Å²) in [4.78, 5) is 27.2. The zero-order valence-electron chi connectivity index (χ0n) is 19.4. The molecule has 0 unspecified atom stereocenters. The number of fused-ring (bicyclic) bond motifs is 1. The molecule has 6 heteroatoms. The molecule has 1 aliphatic rings. The number of aryl methyl sites for hydroxylation is 1. The largest absolute Gasteiger partial charge is 0.461 e. The molecule has 3 aromatic carbocycles. The van der Waals surface area contributed by atoms with E-state index in [1.165, 1.54) is 29.8 Å². The van der Waals surface area contributed by atoms with Gasteiger partial charge in [-0.25, -0.2) is 4.39 Å². The number of furan rings is 1. The first-order valence-corrected chi connectivity index (χ1v) is 11.7. The molecule has 176 valence electrons. The minimum atomic E-state index is -0.366. The SMILES string of the molecule is CCc1ccc(C(=O)Nc2cccc(-c3cc4c(o3)CCN(C(=O)c3ccc(F)cc3)C4)c2)cc1. The van der Waals surface area contributed by atoms with Gasteiger partial charge in [-0.15, -0.1) is 0 Å². The number of carbonyl (C=O) groups excluding carboxylic acids is 2.